The van der Waals surface area contributed by atoms with Crippen LogP contribution in [0.1, 0.15) is 30.5 Å². The third-order valence-corrected chi connectivity index (χ3v) is 3.99. The minimum atomic E-state index is -1.27. The Hall–Kier alpha value is -2.25. The van der Waals surface area contributed by atoms with Crippen LogP contribution in [0.25, 0.3) is 0 Å². The van der Waals surface area contributed by atoms with Crippen molar-refractivity contribution in [2.45, 2.75) is 13.8 Å². The van der Waals surface area contributed by atoms with Crippen LogP contribution in [0.5, 0.6) is 0 Å². The van der Waals surface area contributed by atoms with Crippen molar-refractivity contribution in [2.75, 3.05) is 0 Å². The van der Waals surface area contributed by atoms with Crippen molar-refractivity contribution in [3.63, 3.8) is 0 Å². The molecular formula is C16H13NO2S. The molecule has 0 amide bonds. The summed E-state index contributed by atoms with van der Waals surface area (Å²) in [6.45, 7) is 3.79. The molecule has 0 fully saturated rings. The highest BCUT2D eigenvalue weighted by atomic mass is 32.1. The fourth-order valence-electron chi connectivity index (χ4n) is 1.83. The van der Waals surface area contributed by atoms with Gasteiger partial charge in [-0.1, -0.05) is 29.8 Å². The summed E-state index contributed by atoms with van der Waals surface area (Å²) in [6.07, 6.45) is 0. The molecule has 0 N–H and O–H groups in total. The first-order valence-corrected chi connectivity index (χ1v) is 6.95. The predicted octanol–water partition coefficient (Wildman–Crippen LogP) is 3.57. The van der Waals surface area contributed by atoms with E-state index in [0.29, 0.717) is 10.4 Å². The fourth-order valence-corrected chi connectivity index (χ4v) is 2.67. The molecule has 1 aromatic carbocycles. The van der Waals surface area contributed by atoms with Crippen LogP contribution in [0, 0.1) is 31.1 Å². The topological polar surface area (TPSA) is 57.9 Å². The van der Waals surface area contributed by atoms with Crippen LogP contribution in [-0.4, -0.2) is 11.6 Å². The third-order valence-electron chi connectivity index (χ3n) is 2.97. The Morgan fingerprint density at radius 2 is 1.70 bits per heavy atom. The third kappa shape index (κ3) is 2.84. The van der Waals surface area contributed by atoms with E-state index in [9.17, 15) is 9.59 Å². The van der Waals surface area contributed by atoms with Crippen molar-refractivity contribution in [2.24, 2.45) is 5.92 Å². The average Bonchev–Trinajstić information content (AvgIpc) is 2.86. The number of Topliss-reactive ketones (excluding diaryl/α,β-unsaturated/α-hetero) is 2. The first-order chi connectivity index (χ1) is 9.52. The van der Waals surface area contributed by atoms with Gasteiger partial charge < -0.3 is 0 Å². The van der Waals surface area contributed by atoms with Gasteiger partial charge >= 0.3 is 0 Å². The Bertz CT molecular complexity index is 692. The first kappa shape index (κ1) is 14.2. The van der Waals surface area contributed by atoms with Crippen LogP contribution in [0.3, 0.4) is 0 Å². The number of hydrogen-bond acceptors (Lipinski definition) is 4. The first-order valence-electron chi connectivity index (χ1n) is 6.14. The number of nitrogens with zero attached hydrogens (tertiary/aromatic N) is 1. The van der Waals surface area contributed by atoms with Gasteiger partial charge in [-0.05, 0) is 26.0 Å². The zero-order chi connectivity index (χ0) is 14.7. The second-order valence-corrected chi connectivity index (χ2v) is 5.85. The number of thiophene rings is 1. The monoisotopic (exact) mass is 283 g/mol. The second-order valence-electron chi connectivity index (χ2n) is 4.57. The molecular weight excluding hydrogens is 270 g/mol. The van der Waals surface area contributed by atoms with Crippen LogP contribution in [0.4, 0.5) is 0 Å². The summed E-state index contributed by atoms with van der Waals surface area (Å²) in [6, 6.07) is 12.2. The molecule has 2 rings (SSSR count). The Balaban J connectivity index is 2.28. The van der Waals surface area contributed by atoms with Gasteiger partial charge in [-0.2, -0.15) is 5.26 Å². The lowest BCUT2D eigenvalue weighted by molar-refractivity contribution is 0.0848. The van der Waals surface area contributed by atoms with E-state index < -0.39 is 17.5 Å². The molecule has 0 spiro atoms. The van der Waals surface area contributed by atoms with Crippen molar-refractivity contribution in [1.29, 1.82) is 5.26 Å². The van der Waals surface area contributed by atoms with Crippen molar-refractivity contribution in [3.8, 4) is 6.07 Å². The van der Waals surface area contributed by atoms with E-state index in [1.807, 2.05) is 26.0 Å². The number of benzene rings is 1. The molecule has 0 aliphatic rings. The molecule has 0 bridgehead atoms. The van der Waals surface area contributed by atoms with E-state index in [-0.39, 0.29) is 0 Å². The number of ketones is 2. The molecule has 0 saturated heterocycles. The van der Waals surface area contributed by atoms with Gasteiger partial charge in [-0.15, -0.1) is 11.3 Å². The smallest absolute Gasteiger partial charge is 0.197 e. The van der Waals surface area contributed by atoms with Gasteiger partial charge in [0, 0.05) is 10.4 Å². The molecule has 0 aliphatic heterocycles. The summed E-state index contributed by atoms with van der Waals surface area (Å²) in [5, 5.41) is 9.16. The lowest BCUT2D eigenvalue weighted by Crippen LogP contribution is -2.22. The Morgan fingerprint density at radius 3 is 2.20 bits per heavy atom. The molecule has 100 valence electrons. The van der Waals surface area contributed by atoms with Gasteiger partial charge in [-0.3, -0.25) is 9.59 Å². The van der Waals surface area contributed by atoms with E-state index >= 15 is 0 Å². The van der Waals surface area contributed by atoms with Gasteiger partial charge in [0.15, 0.2) is 17.5 Å². The molecule has 0 radical (unpaired) electrons. The van der Waals surface area contributed by atoms with E-state index in [1.165, 1.54) is 11.3 Å². The SMILES string of the molecule is Cc1ccc(C(=O)C(C#N)C(=O)c2ccc(C)s2)cc1. The zero-order valence-corrected chi connectivity index (χ0v) is 12.0. The molecule has 0 saturated carbocycles. The maximum atomic E-state index is 12.3. The summed E-state index contributed by atoms with van der Waals surface area (Å²) in [5.41, 5.74) is 1.42. The standard InChI is InChI=1S/C16H13NO2S/c1-10-3-6-12(7-4-10)15(18)13(9-17)16(19)14-8-5-11(2)20-14/h3-8,13H,1-2H3. The van der Waals surface area contributed by atoms with E-state index in [1.54, 1.807) is 30.3 Å². The Kier molecular flexibility index (Phi) is 4.11. The molecule has 4 heteroatoms. The molecule has 2 aromatic rings. The quantitative estimate of drug-likeness (QED) is 0.636. The van der Waals surface area contributed by atoms with Crippen LogP contribution in [0.2, 0.25) is 0 Å². The van der Waals surface area contributed by atoms with Crippen LogP contribution >= 0.6 is 11.3 Å². The van der Waals surface area contributed by atoms with Crippen LogP contribution in [0.15, 0.2) is 36.4 Å². The average molecular weight is 283 g/mol. The van der Waals surface area contributed by atoms with Gasteiger partial charge in [0.2, 0.25) is 0 Å². The maximum absolute atomic E-state index is 12.3. The van der Waals surface area contributed by atoms with Gasteiger partial charge in [-0.25, -0.2) is 0 Å². The van der Waals surface area contributed by atoms with Crippen molar-refractivity contribution >= 4 is 22.9 Å². The molecule has 1 aromatic heterocycles. The fraction of sp³-hybridized carbons (Fsp3) is 0.188. The van der Waals surface area contributed by atoms with Gasteiger partial charge in [0.25, 0.3) is 0 Å². The van der Waals surface area contributed by atoms with E-state index in [0.717, 1.165) is 10.4 Å². The molecule has 3 nitrogen and oxygen atoms in total. The van der Waals surface area contributed by atoms with E-state index in [2.05, 4.69) is 0 Å². The molecule has 1 unspecified atom stereocenters. The normalized spacial score (nSPS) is 11.7. The minimum absolute atomic E-state index is 0.392. The highest BCUT2D eigenvalue weighted by Crippen LogP contribution is 2.21. The number of aryl methyl sites for hydroxylation is 2. The number of rotatable bonds is 4. The highest BCUT2D eigenvalue weighted by Gasteiger charge is 2.29. The minimum Gasteiger partial charge on any atom is -0.292 e. The molecule has 1 heterocycles. The summed E-state index contributed by atoms with van der Waals surface area (Å²) in [4.78, 5) is 25.9. The number of nitriles is 1. The maximum Gasteiger partial charge on any atom is 0.197 e. The second kappa shape index (κ2) is 5.81. The predicted molar refractivity (Wildman–Crippen MR) is 78.0 cm³/mol. The van der Waals surface area contributed by atoms with Crippen molar-refractivity contribution in [1.82, 2.24) is 0 Å². The number of carbonyl (C=O) groups excluding carboxylic acids is 2. The molecule has 1 atom stereocenters. The van der Waals surface area contributed by atoms with Crippen LogP contribution < -0.4 is 0 Å². The Labute approximate surface area is 121 Å². The molecule has 20 heavy (non-hydrogen) atoms. The largest absolute Gasteiger partial charge is 0.292 e. The molecule has 0 aliphatic carbocycles. The number of hydrogen-bond donors (Lipinski definition) is 0. The Morgan fingerprint density at radius 1 is 1.05 bits per heavy atom. The zero-order valence-electron chi connectivity index (χ0n) is 11.2. The van der Waals surface area contributed by atoms with Crippen LogP contribution in [-0.2, 0) is 0 Å². The summed E-state index contributed by atoms with van der Waals surface area (Å²) >= 11 is 1.30. The highest BCUT2D eigenvalue weighted by molar-refractivity contribution is 7.14. The summed E-state index contributed by atoms with van der Waals surface area (Å²) in [7, 11) is 0. The van der Waals surface area contributed by atoms with Crippen molar-refractivity contribution < 1.29 is 9.59 Å². The van der Waals surface area contributed by atoms with Crippen molar-refractivity contribution in [3.05, 3.63) is 57.3 Å². The summed E-state index contributed by atoms with van der Waals surface area (Å²) < 4.78 is 0. The lowest BCUT2D eigenvalue weighted by atomic mass is 9.94. The summed E-state index contributed by atoms with van der Waals surface area (Å²) in [5.74, 6) is -2.13. The van der Waals surface area contributed by atoms with Gasteiger partial charge in [0.1, 0.15) is 0 Å². The lowest BCUT2D eigenvalue weighted by Gasteiger charge is -2.06. The number of carbonyl (C=O) groups is 2. The van der Waals surface area contributed by atoms with E-state index in [4.69, 9.17) is 5.26 Å². The van der Waals surface area contributed by atoms with Gasteiger partial charge in [0.05, 0.1) is 10.9 Å².